The molecule has 3 nitrogen and oxygen atoms in total. The molecule has 0 saturated carbocycles. The van der Waals surface area contributed by atoms with E-state index in [0.717, 1.165) is 45.9 Å². The van der Waals surface area contributed by atoms with E-state index in [1.54, 1.807) is 0 Å². The summed E-state index contributed by atoms with van der Waals surface area (Å²) in [5.41, 5.74) is 2.75. The third kappa shape index (κ3) is 4.11. The average molecular weight is 234 g/mol. The van der Waals surface area contributed by atoms with Gasteiger partial charge in [-0.05, 0) is 17.7 Å². The van der Waals surface area contributed by atoms with Crippen molar-refractivity contribution in [2.75, 3.05) is 32.8 Å². The molecule has 1 fully saturated rings. The van der Waals surface area contributed by atoms with Crippen LogP contribution in [-0.4, -0.2) is 37.7 Å². The van der Waals surface area contributed by atoms with Crippen LogP contribution in [0, 0.1) is 0 Å². The number of ether oxygens (including phenoxy) is 1. The molecular formula is C14H22N2O. The first-order valence-corrected chi connectivity index (χ1v) is 6.47. The monoisotopic (exact) mass is 234 g/mol. The Hall–Kier alpha value is -0.900. The SMILES string of the molecule is CCNCc1ccc(CN2CCOCC2)cc1. The minimum absolute atomic E-state index is 0.874. The molecule has 1 saturated heterocycles. The highest BCUT2D eigenvalue weighted by Gasteiger charge is 2.10. The summed E-state index contributed by atoms with van der Waals surface area (Å²) < 4.78 is 5.35. The van der Waals surface area contributed by atoms with E-state index in [1.807, 2.05) is 0 Å². The van der Waals surface area contributed by atoms with Crippen molar-refractivity contribution in [3.8, 4) is 0 Å². The molecule has 0 unspecified atom stereocenters. The lowest BCUT2D eigenvalue weighted by atomic mass is 10.1. The zero-order valence-corrected chi connectivity index (χ0v) is 10.6. The molecule has 0 amide bonds. The fourth-order valence-corrected chi connectivity index (χ4v) is 2.05. The Kier molecular flexibility index (Phi) is 4.98. The molecule has 3 heteroatoms. The molecular weight excluding hydrogens is 212 g/mol. The lowest BCUT2D eigenvalue weighted by Crippen LogP contribution is -2.35. The summed E-state index contributed by atoms with van der Waals surface area (Å²) in [7, 11) is 0. The zero-order chi connectivity index (χ0) is 11.9. The van der Waals surface area contributed by atoms with Gasteiger partial charge in [-0.2, -0.15) is 0 Å². The molecule has 0 atom stereocenters. The van der Waals surface area contributed by atoms with E-state index in [9.17, 15) is 0 Å². The topological polar surface area (TPSA) is 24.5 Å². The highest BCUT2D eigenvalue weighted by atomic mass is 16.5. The van der Waals surface area contributed by atoms with Crippen LogP contribution in [0.5, 0.6) is 0 Å². The minimum Gasteiger partial charge on any atom is -0.379 e. The Morgan fingerprint density at radius 3 is 2.41 bits per heavy atom. The molecule has 0 radical (unpaired) electrons. The molecule has 1 aromatic rings. The smallest absolute Gasteiger partial charge is 0.0594 e. The largest absolute Gasteiger partial charge is 0.379 e. The molecule has 2 rings (SSSR count). The fraction of sp³-hybridized carbons (Fsp3) is 0.571. The maximum absolute atomic E-state index is 5.35. The summed E-state index contributed by atoms with van der Waals surface area (Å²) >= 11 is 0. The molecule has 1 aliphatic heterocycles. The number of rotatable bonds is 5. The molecule has 94 valence electrons. The van der Waals surface area contributed by atoms with Gasteiger partial charge >= 0.3 is 0 Å². The third-order valence-electron chi connectivity index (χ3n) is 3.11. The van der Waals surface area contributed by atoms with Crippen molar-refractivity contribution in [2.45, 2.75) is 20.0 Å². The molecule has 17 heavy (non-hydrogen) atoms. The number of nitrogens with one attached hydrogen (secondary N) is 1. The number of hydrogen-bond donors (Lipinski definition) is 1. The van der Waals surface area contributed by atoms with Crippen molar-refractivity contribution in [1.29, 1.82) is 0 Å². The quantitative estimate of drug-likeness (QED) is 0.838. The van der Waals surface area contributed by atoms with E-state index >= 15 is 0 Å². The molecule has 1 aromatic carbocycles. The lowest BCUT2D eigenvalue weighted by Gasteiger charge is -2.26. The Balaban J connectivity index is 1.84. The van der Waals surface area contributed by atoms with Crippen molar-refractivity contribution in [1.82, 2.24) is 10.2 Å². The third-order valence-corrected chi connectivity index (χ3v) is 3.11. The van der Waals surface area contributed by atoms with Crippen LogP contribution in [-0.2, 0) is 17.8 Å². The van der Waals surface area contributed by atoms with E-state index in [2.05, 4.69) is 41.4 Å². The Morgan fingerprint density at radius 2 is 1.76 bits per heavy atom. The van der Waals surface area contributed by atoms with Crippen LogP contribution in [0.2, 0.25) is 0 Å². The number of nitrogens with zero attached hydrogens (tertiary/aromatic N) is 1. The molecule has 0 aromatic heterocycles. The van der Waals surface area contributed by atoms with Gasteiger partial charge in [0.05, 0.1) is 13.2 Å². The van der Waals surface area contributed by atoms with Crippen molar-refractivity contribution >= 4 is 0 Å². The Morgan fingerprint density at radius 1 is 1.12 bits per heavy atom. The standard InChI is InChI=1S/C14H22N2O/c1-2-15-11-13-3-5-14(6-4-13)12-16-7-9-17-10-8-16/h3-6,15H,2,7-12H2,1H3. The van der Waals surface area contributed by atoms with Gasteiger partial charge in [-0.15, -0.1) is 0 Å². The summed E-state index contributed by atoms with van der Waals surface area (Å²) in [4.78, 5) is 2.45. The molecule has 0 bridgehead atoms. The predicted molar refractivity (Wildman–Crippen MR) is 69.9 cm³/mol. The van der Waals surface area contributed by atoms with Gasteiger partial charge in [-0.3, -0.25) is 4.90 Å². The van der Waals surface area contributed by atoms with Crippen LogP contribution in [0.25, 0.3) is 0 Å². The van der Waals surface area contributed by atoms with E-state index in [-0.39, 0.29) is 0 Å². The Bertz CT molecular complexity index is 317. The van der Waals surface area contributed by atoms with Gasteiger partial charge < -0.3 is 10.1 Å². The fourth-order valence-electron chi connectivity index (χ4n) is 2.05. The highest BCUT2D eigenvalue weighted by Crippen LogP contribution is 2.09. The van der Waals surface area contributed by atoms with Gasteiger partial charge in [0.2, 0.25) is 0 Å². The predicted octanol–water partition coefficient (Wildman–Crippen LogP) is 1.63. The molecule has 0 spiro atoms. The van der Waals surface area contributed by atoms with E-state index in [4.69, 9.17) is 4.74 Å². The number of hydrogen-bond acceptors (Lipinski definition) is 3. The first-order chi connectivity index (χ1) is 8.38. The first-order valence-electron chi connectivity index (χ1n) is 6.47. The van der Waals surface area contributed by atoms with Crippen LogP contribution in [0.3, 0.4) is 0 Å². The lowest BCUT2D eigenvalue weighted by molar-refractivity contribution is 0.0342. The van der Waals surface area contributed by atoms with Crippen LogP contribution in [0.1, 0.15) is 18.1 Å². The van der Waals surface area contributed by atoms with Crippen LogP contribution < -0.4 is 5.32 Å². The van der Waals surface area contributed by atoms with Crippen LogP contribution in [0.15, 0.2) is 24.3 Å². The van der Waals surface area contributed by atoms with Crippen LogP contribution >= 0.6 is 0 Å². The van der Waals surface area contributed by atoms with Gasteiger partial charge in [0, 0.05) is 26.2 Å². The number of benzene rings is 1. The summed E-state index contributed by atoms with van der Waals surface area (Å²) in [6, 6.07) is 8.92. The van der Waals surface area contributed by atoms with E-state index in [0.29, 0.717) is 0 Å². The summed E-state index contributed by atoms with van der Waals surface area (Å²) in [6.07, 6.45) is 0. The van der Waals surface area contributed by atoms with Gasteiger partial charge in [0.25, 0.3) is 0 Å². The van der Waals surface area contributed by atoms with Crippen molar-refractivity contribution in [3.05, 3.63) is 35.4 Å². The second-order valence-electron chi connectivity index (χ2n) is 4.49. The zero-order valence-electron chi connectivity index (χ0n) is 10.6. The summed E-state index contributed by atoms with van der Waals surface area (Å²) in [6.45, 7) is 9.02. The van der Waals surface area contributed by atoms with Gasteiger partial charge in [0.1, 0.15) is 0 Å². The maximum Gasteiger partial charge on any atom is 0.0594 e. The summed E-state index contributed by atoms with van der Waals surface area (Å²) in [5.74, 6) is 0. The van der Waals surface area contributed by atoms with Gasteiger partial charge in [0.15, 0.2) is 0 Å². The molecule has 1 N–H and O–H groups in total. The first kappa shape index (κ1) is 12.6. The molecule has 1 aliphatic rings. The second-order valence-corrected chi connectivity index (χ2v) is 4.49. The molecule has 0 aliphatic carbocycles. The maximum atomic E-state index is 5.35. The Labute approximate surface area is 104 Å². The normalized spacial score (nSPS) is 17.2. The minimum atomic E-state index is 0.874. The van der Waals surface area contributed by atoms with Crippen molar-refractivity contribution in [3.63, 3.8) is 0 Å². The van der Waals surface area contributed by atoms with Gasteiger partial charge in [-0.25, -0.2) is 0 Å². The average Bonchev–Trinajstić information content (AvgIpc) is 2.39. The summed E-state index contributed by atoms with van der Waals surface area (Å²) in [5, 5.41) is 3.34. The van der Waals surface area contributed by atoms with Crippen molar-refractivity contribution < 1.29 is 4.74 Å². The second kappa shape index (κ2) is 6.74. The molecule has 1 heterocycles. The van der Waals surface area contributed by atoms with E-state index in [1.165, 1.54) is 11.1 Å². The number of morpholine rings is 1. The van der Waals surface area contributed by atoms with Crippen molar-refractivity contribution in [2.24, 2.45) is 0 Å². The van der Waals surface area contributed by atoms with Gasteiger partial charge in [-0.1, -0.05) is 31.2 Å². The van der Waals surface area contributed by atoms with Crippen LogP contribution in [0.4, 0.5) is 0 Å². The van der Waals surface area contributed by atoms with E-state index < -0.39 is 0 Å². The highest BCUT2D eigenvalue weighted by molar-refractivity contribution is 5.22.